The largest absolute Gasteiger partial charge is 0.309 e. The van der Waals surface area contributed by atoms with Gasteiger partial charge >= 0.3 is 0 Å². The Balaban J connectivity index is 1.23. The van der Waals surface area contributed by atoms with Crippen molar-refractivity contribution in [3.63, 3.8) is 0 Å². The lowest BCUT2D eigenvalue weighted by molar-refractivity contribution is 0.628. The summed E-state index contributed by atoms with van der Waals surface area (Å²) in [6, 6.07) is 65.0. The van der Waals surface area contributed by atoms with Crippen molar-refractivity contribution >= 4 is 21.8 Å². The molecular formula is C53H31FN6. The molecule has 8 aromatic carbocycles. The average molecular weight is 771 g/mol. The van der Waals surface area contributed by atoms with Gasteiger partial charge in [-0.1, -0.05) is 115 Å². The lowest BCUT2D eigenvalue weighted by atomic mass is 9.98. The summed E-state index contributed by atoms with van der Waals surface area (Å²) in [5.41, 5.74) is 11.9. The monoisotopic (exact) mass is 770 g/mol. The zero-order chi connectivity index (χ0) is 40.6. The van der Waals surface area contributed by atoms with Gasteiger partial charge in [-0.15, -0.1) is 0 Å². The van der Waals surface area contributed by atoms with Crippen LogP contribution in [0.1, 0.15) is 11.1 Å². The highest BCUT2D eigenvalue weighted by Gasteiger charge is 2.20. The van der Waals surface area contributed by atoms with Crippen LogP contribution in [-0.2, 0) is 0 Å². The van der Waals surface area contributed by atoms with Gasteiger partial charge in [0.2, 0.25) is 0 Å². The normalized spacial score (nSPS) is 11.1. The molecule has 0 saturated carbocycles. The molecular weight excluding hydrogens is 740 g/mol. The van der Waals surface area contributed by atoms with Gasteiger partial charge in [-0.05, 0) is 106 Å². The predicted molar refractivity (Wildman–Crippen MR) is 236 cm³/mol. The lowest BCUT2D eigenvalue weighted by Gasteiger charge is -2.16. The maximum absolute atomic E-state index is 14.9. The SMILES string of the molecule is N#Cc1ccc(-c2ccc3c(c2)c2cc(-c4ccc(C#N)cc4)ccc2n3-c2ccc(-c3cccc(F)c3)c(-c3nc(-c4ccccc4)nc(-c4ccccc4)n3)c2)cc1. The van der Waals surface area contributed by atoms with Crippen LogP contribution >= 0.6 is 0 Å². The van der Waals surface area contributed by atoms with E-state index in [0.29, 0.717) is 39.7 Å². The van der Waals surface area contributed by atoms with Crippen molar-refractivity contribution in [3.8, 4) is 85.4 Å². The molecule has 280 valence electrons. The molecule has 0 aliphatic rings. The second-order valence-electron chi connectivity index (χ2n) is 14.5. The van der Waals surface area contributed by atoms with E-state index in [2.05, 4.69) is 65.2 Å². The molecule has 0 N–H and O–H groups in total. The third kappa shape index (κ3) is 6.63. The van der Waals surface area contributed by atoms with E-state index in [-0.39, 0.29) is 5.82 Å². The molecule has 0 amide bonds. The molecule has 10 rings (SSSR count). The number of aromatic nitrogens is 4. The van der Waals surface area contributed by atoms with E-state index in [4.69, 9.17) is 15.0 Å². The van der Waals surface area contributed by atoms with Crippen LogP contribution in [-0.4, -0.2) is 19.5 Å². The third-order valence-corrected chi connectivity index (χ3v) is 10.8. The van der Waals surface area contributed by atoms with Gasteiger partial charge in [0, 0.05) is 33.2 Å². The Hall–Kier alpha value is -8.52. The summed E-state index contributed by atoms with van der Waals surface area (Å²) in [4.78, 5) is 15.1. The van der Waals surface area contributed by atoms with Gasteiger partial charge in [0.05, 0.1) is 34.3 Å². The number of nitriles is 2. The van der Waals surface area contributed by atoms with E-state index >= 15 is 0 Å². The Morgan fingerprint density at radius 3 is 1.37 bits per heavy atom. The van der Waals surface area contributed by atoms with Crippen LogP contribution in [0.25, 0.3) is 95.0 Å². The first-order valence-corrected chi connectivity index (χ1v) is 19.4. The van der Waals surface area contributed by atoms with Crippen LogP contribution < -0.4 is 0 Å². The zero-order valence-electron chi connectivity index (χ0n) is 32.0. The molecule has 0 aliphatic heterocycles. The second-order valence-corrected chi connectivity index (χ2v) is 14.5. The number of hydrogen-bond donors (Lipinski definition) is 0. The molecule has 0 spiro atoms. The number of benzene rings is 8. The highest BCUT2D eigenvalue weighted by atomic mass is 19.1. The van der Waals surface area contributed by atoms with Gasteiger partial charge in [0.1, 0.15) is 5.82 Å². The van der Waals surface area contributed by atoms with Crippen molar-refractivity contribution in [2.75, 3.05) is 0 Å². The van der Waals surface area contributed by atoms with Crippen LogP contribution in [0.15, 0.2) is 188 Å². The summed E-state index contributed by atoms with van der Waals surface area (Å²) < 4.78 is 17.2. The molecule has 0 saturated heterocycles. The first-order chi connectivity index (χ1) is 29.5. The molecule has 0 unspecified atom stereocenters. The maximum Gasteiger partial charge on any atom is 0.164 e. The highest BCUT2D eigenvalue weighted by Crippen LogP contribution is 2.40. The number of nitrogens with zero attached hydrogens (tertiary/aromatic N) is 6. The van der Waals surface area contributed by atoms with Gasteiger partial charge in [0.25, 0.3) is 0 Å². The Bertz CT molecular complexity index is 3150. The standard InChI is InChI=1S/C53H31FN6/c54-43-13-7-12-42(28-43)45-25-24-44(31-48(45)53-58-51(38-8-3-1-4-9-38)57-52(59-53)39-10-5-2-6-11-39)60-49-26-22-40(36-18-14-34(32-55)15-19-36)29-46(49)47-30-41(23-27-50(47)60)37-20-16-35(33-56)17-21-37/h1-31H. The maximum atomic E-state index is 14.9. The fourth-order valence-electron chi connectivity index (χ4n) is 7.83. The molecule has 10 aromatic rings. The fourth-order valence-corrected chi connectivity index (χ4v) is 7.83. The van der Waals surface area contributed by atoms with Crippen molar-refractivity contribution in [2.24, 2.45) is 0 Å². The summed E-state index contributed by atoms with van der Waals surface area (Å²) in [7, 11) is 0. The van der Waals surface area contributed by atoms with Crippen LogP contribution in [0.3, 0.4) is 0 Å². The van der Waals surface area contributed by atoms with Crippen molar-refractivity contribution in [2.45, 2.75) is 0 Å². The molecule has 0 bridgehead atoms. The summed E-state index contributed by atoms with van der Waals surface area (Å²) in [6.07, 6.45) is 0. The molecule has 2 heterocycles. The molecule has 60 heavy (non-hydrogen) atoms. The number of halogens is 1. The van der Waals surface area contributed by atoms with E-state index in [0.717, 1.165) is 66.4 Å². The van der Waals surface area contributed by atoms with Gasteiger partial charge < -0.3 is 4.57 Å². The average Bonchev–Trinajstić information content (AvgIpc) is 3.65. The van der Waals surface area contributed by atoms with E-state index in [1.165, 1.54) is 12.1 Å². The van der Waals surface area contributed by atoms with E-state index in [1.807, 2.05) is 121 Å². The van der Waals surface area contributed by atoms with E-state index in [9.17, 15) is 14.9 Å². The quantitative estimate of drug-likeness (QED) is 0.161. The van der Waals surface area contributed by atoms with Crippen LogP contribution in [0, 0.1) is 28.5 Å². The minimum atomic E-state index is -0.341. The second kappa shape index (κ2) is 15.1. The smallest absolute Gasteiger partial charge is 0.164 e. The fraction of sp³-hybridized carbons (Fsp3) is 0. The van der Waals surface area contributed by atoms with Gasteiger partial charge in [-0.2, -0.15) is 10.5 Å². The summed E-state index contributed by atoms with van der Waals surface area (Å²) in [5, 5.41) is 21.0. The Kier molecular flexibility index (Phi) is 9.02. The summed E-state index contributed by atoms with van der Waals surface area (Å²) >= 11 is 0. The van der Waals surface area contributed by atoms with Crippen LogP contribution in [0.2, 0.25) is 0 Å². The van der Waals surface area contributed by atoms with Crippen LogP contribution in [0.4, 0.5) is 4.39 Å². The van der Waals surface area contributed by atoms with Crippen LogP contribution in [0.5, 0.6) is 0 Å². The molecule has 0 atom stereocenters. The molecule has 2 aromatic heterocycles. The Labute approximate surface area is 345 Å². The lowest BCUT2D eigenvalue weighted by Crippen LogP contribution is -2.02. The topological polar surface area (TPSA) is 91.2 Å². The van der Waals surface area contributed by atoms with Crippen molar-refractivity contribution in [3.05, 3.63) is 205 Å². The number of rotatable bonds is 7. The Morgan fingerprint density at radius 1 is 0.383 bits per heavy atom. The third-order valence-electron chi connectivity index (χ3n) is 10.8. The van der Waals surface area contributed by atoms with Crippen molar-refractivity contribution < 1.29 is 4.39 Å². The summed E-state index contributed by atoms with van der Waals surface area (Å²) in [6.45, 7) is 0. The number of fused-ring (bicyclic) bond motifs is 3. The van der Waals surface area contributed by atoms with E-state index < -0.39 is 0 Å². The van der Waals surface area contributed by atoms with Crippen molar-refractivity contribution in [1.29, 1.82) is 10.5 Å². The first-order valence-electron chi connectivity index (χ1n) is 19.4. The highest BCUT2D eigenvalue weighted by molar-refractivity contribution is 6.12. The van der Waals surface area contributed by atoms with Gasteiger partial charge in [-0.3, -0.25) is 0 Å². The minimum absolute atomic E-state index is 0.341. The Morgan fingerprint density at radius 2 is 0.867 bits per heavy atom. The first kappa shape index (κ1) is 35.9. The number of hydrogen-bond acceptors (Lipinski definition) is 5. The molecule has 0 radical (unpaired) electrons. The summed E-state index contributed by atoms with van der Waals surface area (Å²) in [5.74, 6) is 1.16. The predicted octanol–water partition coefficient (Wildman–Crippen LogP) is 12.9. The molecule has 6 nitrogen and oxygen atoms in total. The van der Waals surface area contributed by atoms with Gasteiger partial charge in [-0.25, -0.2) is 19.3 Å². The molecule has 7 heteroatoms. The zero-order valence-corrected chi connectivity index (χ0v) is 32.0. The minimum Gasteiger partial charge on any atom is -0.309 e. The molecule has 0 aliphatic carbocycles. The molecule has 0 fully saturated rings. The van der Waals surface area contributed by atoms with Gasteiger partial charge in [0.15, 0.2) is 17.5 Å². The van der Waals surface area contributed by atoms with Crippen molar-refractivity contribution in [1.82, 2.24) is 19.5 Å². The van der Waals surface area contributed by atoms with E-state index in [1.54, 1.807) is 6.07 Å².